The highest BCUT2D eigenvalue weighted by Crippen LogP contribution is 2.13. The third-order valence-electron chi connectivity index (χ3n) is 3.10. The van der Waals surface area contributed by atoms with Crippen molar-refractivity contribution in [2.24, 2.45) is 5.73 Å². The van der Waals surface area contributed by atoms with Gasteiger partial charge in [0.1, 0.15) is 11.5 Å². The van der Waals surface area contributed by atoms with Crippen LogP contribution in [-0.2, 0) is 23.1 Å². The van der Waals surface area contributed by atoms with Crippen molar-refractivity contribution in [1.29, 1.82) is 0 Å². The van der Waals surface area contributed by atoms with Gasteiger partial charge in [0.2, 0.25) is 10.0 Å². The molecule has 1 aromatic heterocycles. The van der Waals surface area contributed by atoms with Gasteiger partial charge in [-0.1, -0.05) is 0 Å². The smallest absolute Gasteiger partial charge is 0.211 e. The Hall–Kier alpha value is -0.890. The molecule has 18 heavy (non-hydrogen) atoms. The molecule has 1 fully saturated rings. The van der Waals surface area contributed by atoms with Crippen molar-refractivity contribution in [1.82, 2.24) is 9.21 Å². The zero-order chi connectivity index (χ0) is 13.2. The molecule has 1 aromatic rings. The molecule has 0 bridgehead atoms. The standard InChI is InChI=1S/C11H19N3O3S/c1-18(15,16)14-6-4-13(5-7-14)9-11-3-2-10(8-12)17-11/h2-3H,4-9,12H2,1H3. The van der Waals surface area contributed by atoms with E-state index < -0.39 is 10.0 Å². The van der Waals surface area contributed by atoms with E-state index in [4.69, 9.17) is 10.2 Å². The van der Waals surface area contributed by atoms with Crippen molar-refractivity contribution in [3.8, 4) is 0 Å². The molecule has 1 saturated heterocycles. The molecule has 1 aliphatic heterocycles. The van der Waals surface area contributed by atoms with E-state index in [1.807, 2.05) is 12.1 Å². The van der Waals surface area contributed by atoms with Crippen LogP contribution in [0.2, 0.25) is 0 Å². The Balaban J connectivity index is 1.87. The summed E-state index contributed by atoms with van der Waals surface area (Å²) in [6.07, 6.45) is 1.25. The van der Waals surface area contributed by atoms with Crippen molar-refractivity contribution in [2.45, 2.75) is 13.1 Å². The van der Waals surface area contributed by atoms with Crippen LogP contribution in [0, 0.1) is 0 Å². The van der Waals surface area contributed by atoms with Crippen LogP contribution in [0.5, 0.6) is 0 Å². The maximum absolute atomic E-state index is 11.4. The number of sulfonamides is 1. The molecule has 0 unspecified atom stereocenters. The molecule has 102 valence electrons. The van der Waals surface area contributed by atoms with Crippen LogP contribution in [-0.4, -0.2) is 50.1 Å². The molecule has 6 nitrogen and oxygen atoms in total. The first-order valence-corrected chi connectivity index (χ1v) is 7.79. The minimum atomic E-state index is -3.06. The topological polar surface area (TPSA) is 79.8 Å². The highest BCUT2D eigenvalue weighted by molar-refractivity contribution is 7.88. The summed E-state index contributed by atoms with van der Waals surface area (Å²) in [6.45, 7) is 3.66. The Kier molecular flexibility index (Phi) is 4.06. The quantitative estimate of drug-likeness (QED) is 0.823. The lowest BCUT2D eigenvalue weighted by molar-refractivity contribution is 0.170. The second-order valence-corrected chi connectivity index (χ2v) is 6.49. The van der Waals surface area contributed by atoms with Gasteiger partial charge < -0.3 is 10.2 Å². The molecule has 0 atom stereocenters. The summed E-state index contributed by atoms with van der Waals surface area (Å²) in [5.41, 5.74) is 5.48. The molecule has 2 N–H and O–H groups in total. The summed E-state index contributed by atoms with van der Waals surface area (Å²) in [4.78, 5) is 2.18. The Labute approximate surface area is 107 Å². The van der Waals surface area contributed by atoms with E-state index in [9.17, 15) is 8.42 Å². The summed E-state index contributed by atoms with van der Waals surface area (Å²) < 4.78 is 29.8. The van der Waals surface area contributed by atoms with Gasteiger partial charge in [-0.25, -0.2) is 8.42 Å². The van der Waals surface area contributed by atoms with Gasteiger partial charge in [-0.15, -0.1) is 0 Å². The SMILES string of the molecule is CS(=O)(=O)N1CCN(Cc2ccc(CN)o2)CC1. The molecular formula is C11H19N3O3S. The largest absolute Gasteiger partial charge is 0.463 e. The van der Waals surface area contributed by atoms with Gasteiger partial charge in [-0.2, -0.15) is 4.31 Å². The number of piperazine rings is 1. The summed E-state index contributed by atoms with van der Waals surface area (Å²) in [5, 5.41) is 0. The van der Waals surface area contributed by atoms with Crippen molar-refractivity contribution in [2.75, 3.05) is 32.4 Å². The van der Waals surface area contributed by atoms with Gasteiger partial charge in [0.05, 0.1) is 19.3 Å². The van der Waals surface area contributed by atoms with E-state index in [0.717, 1.165) is 24.6 Å². The molecule has 7 heteroatoms. The molecular weight excluding hydrogens is 254 g/mol. The number of rotatable bonds is 4. The maximum Gasteiger partial charge on any atom is 0.211 e. The highest BCUT2D eigenvalue weighted by Gasteiger charge is 2.23. The average Bonchev–Trinajstić information content (AvgIpc) is 2.76. The number of nitrogens with zero attached hydrogens (tertiary/aromatic N) is 2. The zero-order valence-electron chi connectivity index (χ0n) is 10.5. The van der Waals surface area contributed by atoms with Crippen LogP contribution in [0.4, 0.5) is 0 Å². The fourth-order valence-corrected chi connectivity index (χ4v) is 2.88. The Morgan fingerprint density at radius 1 is 1.22 bits per heavy atom. The molecule has 2 rings (SSSR count). The molecule has 0 saturated carbocycles. The van der Waals surface area contributed by atoms with E-state index in [1.54, 1.807) is 0 Å². The molecule has 0 aliphatic carbocycles. The molecule has 0 radical (unpaired) electrons. The lowest BCUT2D eigenvalue weighted by Gasteiger charge is -2.32. The van der Waals surface area contributed by atoms with Crippen LogP contribution >= 0.6 is 0 Å². The first-order chi connectivity index (χ1) is 8.49. The van der Waals surface area contributed by atoms with Crippen LogP contribution in [0.1, 0.15) is 11.5 Å². The zero-order valence-corrected chi connectivity index (χ0v) is 11.3. The second-order valence-electron chi connectivity index (χ2n) is 4.51. The Morgan fingerprint density at radius 3 is 2.33 bits per heavy atom. The van der Waals surface area contributed by atoms with E-state index in [2.05, 4.69) is 4.90 Å². The Bertz CT molecular complexity index is 489. The average molecular weight is 273 g/mol. The van der Waals surface area contributed by atoms with Gasteiger partial charge in [-0.05, 0) is 12.1 Å². The van der Waals surface area contributed by atoms with E-state index in [1.165, 1.54) is 10.6 Å². The van der Waals surface area contributed by atoms with Crippen molar-refractivity contribution < 1.29 is 12.8 Å². The normalized spacial score (nSPS) is 19.2. The summed E-state index contributed by atoms with van der Waals surface area (Å²) in [7, 11) is -3.06. The number of hydrogen-bond acceptors (Lipinski definition) is 5. The van der Waals surface area contributed by atoms with Crippen molar-refractivity contribution in [3.63, 3.8) is 0 Å². The minimum Gasteiger partial charge on any atom is -0.463 e. The number of furan rings is 1. The maximum atomic E-state index is 11.4. The predicted octanol–water partition coefficient (Wildman–Crippen LogP) is -0.184. The van der Waals surface area contributed by atoms with Crippen molar-refractivity contribution in [3.05, 3.63) is 23.7 Å². The number of hydrogen-bond donors (Lipinski definition) is 1. The van der Waals surface area contributed by atoms with Crippen LogP contribution in [0.15, 0.2) is 16.5 Å². The predicted molar refractivity (Wildman–Crippen MR) is 68.3 cm³/mol. The van der Waals surface area contributed by atoms with E-state index in [-0.39, 0.29) is 0 Å². The van der Waals surface area contributed by atoms with Gasteiger partial charge in [0.25, 0.3) is 0 Å². The fourth-order valence-electron chi connectivity index (χ4n) is 2.06. The van der Waals surface area contributed by atoms with Gasteiger partial charge in [0, 0.05) is 26.2 Å². The van der Waals surface area contributed by atoms with Gasteiger partial charge in [0.15, 0.2) is 0 Å². The second kappa shape index (κ2) is 5.40. The summed E-state index contributed by atoms with van der Waals surface area (Å²) in [6, 6.07) is 3.80. The molecule has 1 aliphatic rings. The van der Waals surface area contributed by atoms with E-state index in [0.29, 0.717) is 26.2 Å². The third-order valence-corrected chi connectivity index (χ3v) is 4.40. The first kappa shape index (κ1) is 13.5. The molecule has 0 amide bonds. The van der Waals surface area contributed by atoms with Crippen molar-refractivity contribution >= 4 is 10.0 Å². The lowest BCUT2D eigenvalue weighted by Crippen LogP contribution is -2.47. The third kappa shape index (κ3) is 3.32. The molecule has 0 spiro atoms. The van der Waals surface area contributed by atoms with Crippen LogP contribution in [0.3, 0.4) is 0 Å². The Morgan fingerprint density at radius 2 is 1.83 bits per heavy atom. The lowest BCUT2D eigenvalue weighted by atomic mass is 10.3. The summed E-state index contributed by atoms with van der Waals surface area (Å²) in [5.74, 6) is 1.66. The highest BCUT2D eigenvalue weighted by atomic mass is 32.2. The van der Waals surface area contributed by atoms with Gasteiger partial charge >= 0.3 is 0 Å². The molecule has 0 aromatic carbocycles. The summed E-state index contributed by atoms with van der Waals surface area (Å²) >= 11 is 0. The fraction of sp³-hybridized carbons (Fsp3) is 0.636. The van der Waals surface area contributed by atoms with E-state index >= 15 is 0 Å². The van der Waals surface area contributed by atoms with Crippen LogP contribution < -0.4 is 5.73 Å². The van der Waals surface area contributed by atoms with Crippen LogP contribution in [0.25, 0.3) is 0 Å². The first-order valence-electron chi connectivity index (χ1n) is 5.94. The number of nitrogens with two attached hydrogens (primary N) is 1. The van der Waals surface area contributed by atoms with Gasteiger partial charge in [-0.3, -0.25) is 4.90 Å². The minimum absolute atomic E-state index is 0.405. The monoisotopic (exact) mass is 273 g/mol. The molecule has 2 heterocycles.